The van der Waals surface area contributed by atoms with E-state index in [4.69, 9.17) is 4.74 Å². The maximum Gasteiger partial charge on any atom is 0.0704 e. The SMILES string of the molecule is CC1CCC(CNC(c2ccccc2)c2cccs2)O1. The van der Waals surface area contributed by atoms with Gasteiger partial charge in [0, 0.05) is 11.4 Å². The Kier molecular flexibility index (Phi) is 4.51. The van der Waals surface area contributed by atoms with Crippen LogP contribution in [0.5, 0.6) is 0 Å². The van der Waals surface area contributed by atoms with E-state index in [0.29, 0.717) is 12.2 Å². The van der Waals surface area contributed by atoms with Gasteiger partial charge in [-0.2, -0.15) is 0 Å². The van der Waals surface area contributed by atoms with Gasteiger partial charge in [-0.1, -0.05) is 36.4 Å². The zero-order valence-electron chi connectivity index (χ0n) is 11.8. The first kappa shape index (κ1) is 13.8. The molecule has 3 unspecified atom stereocenters. The van der Waals surface area contributed by atoms with E-state index in [9.17, 15) is 0 Å². The second-order valence-corrected chi connectivity index (χ2v) is 6.39. The second kappa shape index (κ2) is 6.53. The topological polar surface area (TPSA) is 21.3 Å². The maximum atomic E-state index is 5.91. The Balaban J connectivity index is 1.70. The predicted octanol–water partition coefficient (Wildman–Crippen LogP) is 3.99. The highest BCUT2D eigenvalue weighted by Crippen LogP contribution is 2.27. The molecule has 0 spiro atoms. The minimum absolute atomic E-state index is 0.274. The first-order valence-corrected chi connectivity index (χ1v) is 8.18. The molecule has 3 rings (SSSR count). The fourth-order valence-electron chi connectivity index (χ4n) is 2.77. The number of nitrogens with one attached hydrogen (secondary N) is 1. The molecule has 1 aliphatic rings. The van der Waals surface area contributed by atoms with Gasteiger partial charge in [0.1, 0.15) is 0 Å². The van der Waals surface area contributed by atoms with E-state index >= 15 is 0 Å². The summed E-state index contributed by atoms with van der Waals surface area (Å²) in [6.07, 6.45) is 3.12. The van der Waals surface area contributed by atoms with E-state index in [1.807, 2.05) is 0 Å². The summed E-state index contributed by atoms with van der Waals surface area (Å²) in [7, 11) is 0. The molecular formula is C17H21NOS. The van der Waals surface area contributed by atoms with Crippen molar-refractivity contribution in [2.45, 2.75) is 38.0 Å². The number of benzene rings is 1. The highest BCUT2D eigenvalue weighted by atomic mass is 32.1. The monoisotopic (exact) mass is 287 g/mol. The molecule has 1 aromatic heterocycles. The quantitative estimate of drug-likeness (QED) is 0.897. The Morgan fingerprint density at radius 3 is 2.70 bits per heavy atom. The second-order valence-electron chi connectivity index (χ2n) is 5.41. The van der Waals surface area contributed by atoms with Crippen LogP contribution in [0.25, 0.3) is 0 Å². The molecule has 1 aromatic carbocycles. The van der Waals surface area contributed by atoms with Crippen molar-refractivity contribution in [1.82, 2.24) is 5.32 Å². The number of hydrogen-bond acceptors (Lipinski definition) is 3. The van der Waals surface area contributed by atoms with E-state index in [0.717, 1.165) is 6.54 Å². The van der Waals surface area contributed by atoms with Crippen LogP contribution in [-0.4, -0.2) is 18.8 Å². The van der Waals surface area contributed by atoms with Gasteiger partial charge in [0.15, 0.2) is 0 Å². The molecule has 0 aliphatic carbocycles. The van der Waals surface area contributed by atoms with Gasteiger partial charge in [-0.15, -0.1) is 11.3 Å². The van der Waals surface area contributed by atoms with Crippen molar-refractivity contribution >= 4 is 11.3 Å². The fraction of sp³-hybridized carbons (Fsp3) is 0.412. The lowest BCUT2D eigenvalue weighted by Gasteiger charge is -2.20. The summed E-state index contributed by atoms with van der Waals surface area (Å²) >= 11 is 1.81. The van der Waals surface area contributed by atoms with Crippen LogP contribution in [0.15, 0.2) is 47.8 Å². The predicted molar refractivity (Wildman–Crippen MR) is 84.2 cm³/mol. The standard InChI is InChI=1S/C17H21NOS/c1-13-9-10-15(19-13)12-18-17(16-8-5-11-20-16)14-6-3-2-4-7-14/h2-8,11,13,15,17-18H,9-10,12H2,1H3. The van der Waals surface area contributed by atoms with Crippen molar-refractivity contribution in [3.63, 3.8) is 0 Å². The highest BCUT2D eigenvalue weighted by molar-refractivity contribution is 7.10. The van der Waals surface area contributed by atoms with Crippen LogP contribution in [0, 0.1) is 0 Å². The van der Waals surface area contributed by atoms with Crippen LogP contribution in [-0.2, 0) is 4.74 Å². The van der Waals surface area contributed by atoms with E-state index in [1.54, 1.807) is 11.3 Å². The lowest BCUT2D eigenvalue weighted by atomic mass is 10.0. The van der Waals surface area contributed by atoms with E-state index < -0.39 is 0 Å². The van der Waals surface area contributed by atoms with Crippen molar-refractivity contribution in [2.75, 3.05) is 6.54 Å². The van der Waals surface area contributed by atoms with Crippen molar-refractivity contribution < 1.29 is 4.74 Å². The Bertz CT molecular complexity index is 511. The van der Waals surface area contributed by atoms with Crippen LogP contribution >= 0.6 is 11.3 Å². The number of thiophene rings is 1. The number of hydrogen-bond donors (Lipinski definition) is 1. The van der Waals surface area contributed by atoms with E-state index in [1.165, 1.54) is 23.3 Å². The summed E-state index contributed by atoms with van der Waals surface area (Å²) < 4.78 is 5.91. The summed E-state index contributed by atoms with van der Waals surface area (Å²) in [6, 6.07) is 15.2. The van der Waals surface area contributed by atoms with Gasteiger partial charge in [-0.3, -0.25) is 0 Å². The third-order valence-corrected chi connectivity index (χ3v) is 4.77. The molecule has 3 atom stereocenters. The largest absolute Gasteiger partial charge is 0.374 e. The Morgan fingerprint density at radius 2 is 2.05 bits per heavy atom. The van der Waals surface area contributed by atoms with Gasteiger partial charge in [0.25, 0.3) is 0 Å². The number of rotatable bonds is 5. The molecule has 1 aliphatic heterocycles. The van der Waals surface area contributed by atoms with Crippen molar-refractivity contribution in [3.8, 4) is 0 Å². The van der Waals surface area contributed by atoms with Gasteiger partial charge in [-0.05, 0) is 36.8 Å². The zero-order chi connectivity index (χ0) is 13.8. The molecule has 20 heavy (non-hydrogen) atoms. The Labute approximate surface area is 124 Å². The van der Waals surface area contributed by atoms with E-state index in [2.05, 4.69) is 60.1 Å². The van der Waals surface area contributed by atoms with Crippen LogP contribution in [0.3, 0.4) is 0 Å². The molecule has 3 heteroatoms. The Morgan fingerprint density at radius 1 is 1.20 bits per heavy atom. The summed E-state index contributed by atoms with van der Waals surface area (Å²) in [4.78, 5) is 1.36. The molecule has 2 aromatic rings. The molecule has 106 valence electrons. The molecule has 0 amide bonds. The van der Waals surface area contributed by atoms with Crippen molar-refractivity contribution in [1.29, 1.82) is 0 Å². The lowest BCUT2D eigenvalue weighted by molar-refractivity contribution is 0.0551. The maximum absolute atomic E-state index is 5.91. The summed E-state index contributed by atoms with van der Waals surface area (Å²) in [5.74, 6) is 0. The molecular weight excluding hydrogens is 266 g/mol. The van der Waals surface area contributed by atoms with Crippen LogP contribution in [0.2, 0.25) is 0 Å². The van der Waals surface area contributed by atoms with Gasteiger partial charge in [0.2, 0.25) is 0 Å². The molecule has 0 bridgehead atoms. The molecule has 0 saturated carbocycles. The molecule has 2 heterocycles. The average Bonchev–Trinajstić information content (AvgIpc) is 3.12. The van der Waals surface area contributed by atoms with Crippen LogP contribution in [0.4, 0.5) is 0 Å². The average molecular weight is 287 g/mol. The summed E-state index contributed by atoms with van der Waals surface area (Å²) in [6.45, 7) is 3.08. The molecule has 1 N–H and O–H groups in total. The lowest BCUT2D eigenvalue weighted by Crippen LogP contribution is -2.30. The molecule has 1 fully saturated rings. The normalized spacial score (nSPS) is 23.9. The summed E-state index contributed by atoms with van der Waals surface area (Å²) in [5, 5.41) is 5.83. The minimum atomic E-state index is 0.274. The van der Waals surface area contributed by atoms with Gasteiger partial charge >= 0.3 is 0 Å². The number of ether oxygens (including phenoxy) is 1. The van der Waals surface area contributed by atoms with E-state index in [-0.39, 0.29) is 6.04 Å². The first-order valence-electron chi connectivity index (χ1n) is 7.30. The highest BCUT2D eigenvalue weighted by Gasteiger charge is 2.23. The van der Waals surface area contributed by atoms with Gasteiger partial charge < -0.3 is 10.1 Å². The zero-order valence-corrected chi connectivity index (χ0v) is 12.6. The Hall–Kier alpha value is -1.16. The molecule has 2 nitrogen and oxygen atoms in total. The third-order valence-electron chi connectivity index (χ3n) is 3.83. The minimum Gasteiger partial charge on any atom is -0.374 e. The fourth-order valence-corrected chi connectivity index (χ4v) is 3.60. The summed E-state index contributed by atoms with van der Waals surface area (Å²) in [5.41, 5.74) is 1.32. The smallest absolute Gasteiger partial charge is 0.0704 e. The first-order chi connectivity index (χ1) is 9.83. The van der Waals surface area contributed by atoms with Crippen molar-refractivity contribution in [3.05, 3.63) is 58.3 Å². The third kappa shape index (κ3) is 3.29. The van der Waals surface area contributed by atoms with Gasteiger partial charge in [0.05, 0.1) is 18.2 Å². The van der Waals surface area contributed by atoms with Crippen LogP contribution in [0.1, 0.15) is 36.2 Å². The molecule has 1 saturated heterocycles. The van der Waals surface area contributed by atoms with Gasteiger partial charge in [-0.25, -0.2) is 0 Å². The van der Waals surface area contributed by atoms with Crippen molar-refractivity contribution in [2.24, 2.45) is 0 Å². The molecule has 0 radical (unpaired) electrons. The van der Waals surface area contributed by atoms with Crippen LogP contribution < -0.4 is 5.32 Å².